The maximum Gasteiger partial charge on any atom is 0.321 e. The number of carbonyl (C=O) groups is 1. The molecular weight excluding hydrogens is 322 g/mol. The van der Waals surface area contributed by atoms with Gasteiger partial charge in [0.15, 0.2) is 0 Å². The fraction of sp³-hybridized carbons (Fsp3) is 0.529. The van der Waals surface area contributed by atoms with Crippen molar-refractivity contribution in [1.82, 2.24) is 19.4 Å². The van der Waals surface area contributed by atoms with Gasteiger partial charge in [-0.2, -0.15) is 0 Å². The lowest BCUT2D eigenvalue weighted by atomic mass is 10.3. The molecule has 6 nitrogen and oxygen atoms in total. The van der Waals surface area contributed by atoms with E-state index < -0.39 is 0 Å². The molecule has 2 amide bonds. The molecule has 3 rings (SSSR count). The van der Waals surface area contributed by atoms with Crippen LogP contribution in [0, 0.1) is 6.92 Å². The Bertz CT molecular complexity index is 680. The molecular formula is C17H25N5OS. The third-order valence-electron chi connectivity index (χ3n) is 4.36. The van der Waals surface area contributed by atoms with Crippen molar-refractivity contribution in [2.75, 3.05) is 31.5 Å². The van der Waals surface area contributed by atoms with Crippen LogP contribution in [0.5, 0.6) is 0 Å². The topological polar surface area (TPSA) is 53.4 Å². The molecule has 0 aliphatic carbocycles. The fourth-order valence-electron chi connectivity index (χ4n) is 3.02. The van der Waals surface area contributed by atoms with E-state index in [2.05, 4.69) is 26.7 Å². The van der Waals surface area contributed by atoms with Gasteiger partial charge in [-0.3, -0.25) is 4.90 Å². The zero-order valence-corrected chi connectivity index (χ0v) is 15.2. The van der Waals surface area contributed by atoms with Gasteiger partial charge in [0.2, 0.25) is 0 Å². The monoisotopic (exact) mass is 347 g/mol. The number of imidazole rings is 1. The second-order valence-electron chi connectivity index (χ2n) is 6.12. The molecule has 2 aromatic rings. The first-order valence-corrected chi connectivity index (χ1v) is 9.37. The number of thiophene rings is 1. The van der Waals surface area contributed by atoms with Gasteiger partial charge in [0, 0.05) is 55.4 Å². The number of nitrogens with one attached hydrogen (secondary N) is 1. The van der Waals surface area contributed by atoms with Crippen LogP contribution in [0.25, 0.3) is 0 Å². The molecule has 24 heavy (non-hydrogen) atoms. The number of aryl methyl sites for hydroxylation is 2. The molecule has 1 fully saturated rings. The van der Waals surface area contributed by atoms with Crippen LogP contribution in [0.2, 0.25) is 0 Å². The lowest BCUT2D eigenvalue weighted by Gasteiger charge is -2.22. The largest absolute Gasteiger partial charge is 0.334 e. The Balaban J connectivity index is 1.53. The molecule has 1 saturated heterocycles. The Morgan fingerprint density at radius 3 is 2.96 bits per heavy atom. The van der Waals surface area contributed by atoms with Gasteiger partial charge in [-0.25, -0.2) is 9.78 Å². The number of amides is 2. The van der Waals surface area contributed by atoms with Crippen molar-refractivity contribution in [3.05, 3.63) is 34.5 Å². The van der Waals surface area contributed by atoms with Crippen molar-refractivity contribution in [1.29, 1.82) is 0 Å². The number of hydrogen-bond acceptors (Lipinski definition) is 4. The molecule has 3 heterocycles. The van der Waals surface area contributed by atoms with E-state index in [1.807, 2.05) is 35.7 Å². The molecule has 130 valence electrons. The maximum atomic E-state index is 12.4. The lowest BCUT2D eigenvalue weighted by Crippen LogP contribution is -2.38. The normalized spacial score (nSPS) is 16.2. The number of carbonyl (C=O) groups excluding carboxylic acids is 1. The number of nitrogens with zero attached hydrogens (tertiary/aromatic N) is 4. The average Bonchev–Trinajstić information content (AvgIpc) is 3.10. The summed E-state index contributed by atoms with van der Waals surface area (Å²) in [7, 11) is 0. The first-order valence-electron chi connectivity index (χ1n) is 8.49. The van der Waals surface area contributed by atoms with Crippen LogP contribution in [0.1, 0.15) is 24.0 Å². The molecule has 2 aromatic heterocycles. The minimum absolute atomic E-state index is 0.00436. The van der Waals surface area contributed by atoms with Gasteiger partial charge in [0.1, 0.15) is 5.82 Å². The van der Waals surface area contributed by atoms with Gasteiger partial charge in [0.05, 0.1) is 12.2 Å². The van der Waals surface area contributed by atoms with E-state index in [0.717, 1.165) is 57.2 Å². The van der Waals surface area contributed by atoms with Crippen molar-refractivity contribution in [3.8, 4) is 0 Å². The van der Waals surface area contributed by atoms with E-state index in [4.69, 9.17) is 0 Å². The molecule has 0 bridgehead atoms. The van der Waals surface area contributed by atoms with Crippen molar-refractivity contribution < 1.29 is 4.79 Å². The van der Waals surface area contributed by atoms with Gasteiger partial charge < -0.3 is 14.8 Å². The SMILES string of the molecule is CCn1ccnc1CN1CCCN(C(=O)Nc2csc(C)c2)CC1. The smallest absolute Gasteiger partial charge is 0.321 e. The van der Waals surface area contributed by atoms with Crippen LogP contribution in [0.3, 0.4) is 0 Å². The van der Waals surface area contributed by atoms with E-state index in [0.29, 0.717) is 0 Å². The van der Waals surface area contributed by atoms with Gasteiger partial charge in [0.25, 0.3) is 0 Å². The predicted molar refractivity (Wildman–Crippen MR) is 97.4 cm³/mol. The molecule has 0 spiro atoms. The van der Waals surface area contributed by atoms with Crippen molar-refractivity contribution in [2.45, 2.75) is 33.4 Å². The summed E-state index contributed by atoms with van der Waals surface area (Å²) >= 11 is 1.65. The molecule has 7 heteroatoms. The highest BCUT2D eigenvalue weighted by Crippen LogP contribution is 2.18. The quantitative estimate of drug-likeness (QED) is 0.925. The first-order chi connectivity index (χ1) is 11.7. The van der Waals surface area contributed by atoms with Gasteiger partial charge >= 0.3 is 6.03 Å². The van der Waals surface area contributed by atoms with Crippen LogP contribution >= 0.6 is 11.3 Å². The summed E-state index contributed by atoms with van der Waals surface area (Å²) in [6, 6.07) is 2.02. The van der Waals surface area contributed by atoms with E-state index in [9.17, 15) is 4.79 Å². The Morgan fingerprint density at radius 2 is 2.21 bits per heavy atom. The lowest BCUT2D eigenvalue weighted by molar-refractivity contribution is 0.210. The molecule has 1 N–H and O–H groups in total. The molecule has 0 aromatic carbocycles. The van der Waals surface area contributed by atoms with Crippen molar-refractivity contribution in [3.63, 3.8) is 0 Å². The Hall–Kier alpha value is -1.86. The third kappa shape index (κ3) is 4.15. The molecule has 0 unspecified atom stereocenters. The second kappa shape index (κ2) is 7.81. The number of urea groups is 1. The Morgan fingerprint density at radius 1 is 1.33 bits per heavy atom. The number of anilines is 1. The average molecular weight is 347 g/mol. The third-order valence-corrected chi connectivity index (χ3v) is 5.23. The standard InChI is InChI=1S/C17H25N5OS/c1-3-21-8-5-18-16(21)12-20-6-4-7-22(10-9-20)17(23)19-15-11-14(2)24-13-15/h5,8,11,13H,3-4,6-7,9-10,12H2,1-2H3,(H,19,23). The Kier molecular flexibility index (Phi) is 5.52. The zero-order valence-electron chi connectivity index (χ0n) is 14.4. The molecule has 1 aliphatic rings. The number of aromatic nitrogens is 2. The highest BCUT2D eigenvalue weighted by Gasteiger charge is 2.20. The Labute approximate surface area is 147 Å². The molecule has 1 aliphatic heterocycles. The summed E-state index contributed by atoms with van der Waals surface area (Å²) in [5, 5.41) is 4.99. The van der Waals surface area contributed by atoms with Crippen molar-refractivity contribution in [2.24, 2.45) is 0 Å². The summed E-state index contributed by atoms with van der Waals surface area (Å²) in [5.41, 5.74) is 0.897. The minimum atomic E-state index is 0.00436. The maximum absolute atomic E-state index is 12.4. The van der Waals surface area contributed by atoms with Crippen LogP contribution in [0.4, 0.5) is 10.5 Å². The highest BCUT2D eigenvalue weighted by molar-refractivity contribution is 7.10. The highest BCUT2D eigenvalue weighted by atomic mass is 32.1. The van der Waals surface area contributed by atoms with E-state index in [-0.39, 0.29) is 6.03 Å². The summed E-state index contributed by atoms with van der Waals surface area (Å²) in [6.07, 6.45) is 4.87. The molecule has 0 saturated carbocycles. The fourth-order valence-corrected chi connectivity index (χ4v) is 3.66. The number of rotatable bonds is 4. The van der Waals surface area contributed by atoms with Crippen molar-refractivity contribution >= 4 is 23.1 Å². The van der Waals surface area contributed by atoms with Gasteiger partial charge in [-0.1, -0.05) is 0 Å². The van der Waals surface area contributed by atoms with Crippen LogP contribution in [-0.2, 0) is 13.1 Å². The second-order valence-corrected chi connectivity index (χ2v) is 7.24. The van der Waals surface area contributed by atoms with E-state index in [1.165, 1.54) is 4.88 Å². The summed E-state index contributed by atoms with van der Waals surface area (Å²) in [6.45, 7) is 9.40. The first kappa shape index (κ1) is 17.0. The zero-order chi connectivity index (χ0) is 16.9. The van der Waals surface area contributed by atoms with Crippen LogP contribution in [-0.4, -0.2) is 51.6 Å². The minimum Gasteiger partial charge on any atom is -0.334 e. The molecule has 0 radical (unpaired) electrons. The van der Waals surface area contributed by atoms with Gasteiger partial charge in [-0.15, -0.1) is 11.3 Å². The molecule has 0 atom stereocenters. The van der Waals surface area contributed by atoms with Crippen LogP contribution in [0.15, 0.2) is 23.8 Å². The number of hydrogen-bond donors (Lipinski definition) is 1. The summed E-state index contributed by atoms with van der Waals surface area (Å²) in [5.74, 6) is 1.10. The van der Waals surface area contributed by atoms with Gasteiger partial charge in [-0.05, 0) is 26.3 Å². The van der Waals surface area contributed by atoms with Crippen LogP contribution < -0.4 is 5.32 Å². The predicted octanol–water partition coefficient (Wildman–Crippen LogP) is 3.01. The summed E-state index contributed by atoms with van der Waals surface area (Å²) < 4.78 is 2.17. The summed E-state index contributed by atoms with van der Waals surface area (Å²) in [4.78, 5) is 22.4. The van der Waals surface area contributed by atoms with E-state index >= 15 is 0 Å². The van der Waals surface area contributed by atoms with E-state index in [1.54, 1.807) is 11.3 Å².